The third kappa shape index (κ3) is 18.3. The second-order valence-corrected chi connectivity index (χ2v) is 31.4. The Balaban J connectivity index is 0.000000125. The average molecular weight is 1540 g/mol. The van der Waals surface area contributed by atoms with E-state index in [-0.39, 0.29) is 0 Å². The van der Waals surface area contributed by atoms with Crippen LogP contribution in [0.15, 0.2) is 394 Å². The molecule has 0 nitrogen and oxygen atoms in total. The Kier molecular flexibility index (Phi) is 22.9. The van der Waals surface area contributed by atoms with E-state index >= 15 is 0 Å². The molecule has 20 rings (SSSR count). The van der Waals surface area contributed by atoms with E-state index in [0.717, 1.165) is 0 Å². The van der Waals surface area contributed by atoms with Gasteiger partial charge in [-0.3, -0.25) is 0 Å². The molecule has 0 radical (unpaired) electrons. The third-order valence-corrected chi connectivity index (χ3v) is 22.9. The fraction of sp³-hybridized carbons (Fsp3) is 0.0248. The zero-order chi connectivity index (χ0) is 81.6. The third-order valence-electron chi connectivity index (χ3n) is 22.9. The molecule has 0 unspecified atom stereocenters. The first-order valence-corrected chi connectivity index (χ1v) is 41.8. The lowest BCUT2D eigenvalue weighted by Crippen LogP contribution is -1.87. The van der Waals surface area contributed by atoms with Crippen molar-refractivity contribution in [2.45, 2.75) is 20.8 Å². The van der Waals surface area contributed by atoms with Gasteiger partial charge >= 0.3 is 0 Å². The molecule has 0 heterocycles. The second-order valence-electron chi connectivity index (χ2n) is 31.4. The Morgan fingerprint density at radius 3 is 0.380 bits per heavy atom. The molecule has 0 aliphatic carbocycles. The van der Waals surface area contributed by atoms with Crippen molar-refractivity contribution < 1.29 is 0 Å². The molecule has 0 saturated heterocycles. The van der Waals surface area contributed by atoms with Crippen LogP contribution in [0, 0.1) is 20.8 Å². The van der Waals surface area contributed by atoms with Crippen molar-refractivity contribution in [3.63, 3.8) is 0 Å². The molecular weight excluding hydrogens is 1450 g/mol. The standard InChI is InChI=1S/C45H36.C42H30.C34H24/c1-31-4-10-34(11-5-31)16-19-37-22-25-40-43(28-37)41-26-23-38(20-17-35-12-6-32(2)7-13-35)30-45(41)42-27-24-39(29-44(40)42)21-18-36-14-8-33(3)9-15-36;1-4-10-31(11-5-1)16-19-34-22-25-37-40(28-34)38-26-23-35(20-17-32-12-6-2-7-13-32)30-42(38)39-27-24-36(29-41(37)39)21-18-33-14-8-3-9-15-33;1-3-9-25(10-4-1)15-17-27-19-21-31-32-22-20-28(18-16-26-11-5-2-6-12-26)24-34(32)30-14-8-7-13-29(30)33(31)23-27/h4-30H,1-3H3;1-30H;1-24H/b2*19-16+,20-17+,21-18+;17-15+,18-16+. The van der Waals surface area contributed by atoms with Crippen LogP contribution in [0.5, 0.6) is 0 Å². The molecule has 574 valence electrons. The molecule has 20 aromatic rings. The van der Waals surface area contributed by atoms with Gasteiger partial charge in [0, 0.05) is 0 Å². The molecule has 0 saturated carbocycles. The highest BCUT2D eigenvalue weighted by atomic mass is 14.2. The van der Waals surface area contributed by atoms with Crippen LogP contribution in [0.25, 0.3) is 194 Å². The first kappa shape index (κ1) is 76.9. The minimum Gasteiger partial charge on any atom is -0.0622 e. The molecule has 0 aromatic heterocycles. The lowest BCUT2D eigenvalue weighted by Gasteiger charge is -2.13. The van der Waals surface area contributed by atoms with Crippen LogP contribution in [0.1, 0.15) is 106 Å². The van der Waals surface area contributed by atoms with Crippen molar-refractivity contribution in [1.29, 1.82) is 0 Å². The SMILES string of the molecule is C(=C\c1ccc2c(c1)c1ccc(/C=C/c3ccccc3)cc1c1ccc(/C=C/c3ccccc3)cc21)/c1ccccc1.C(=C\c1ccc2c3ccc(/C=C/c4ccccc4)cc3c3ccccc3c2c1)/c1ccccc1.Cc1ccc(/C=C/c2ccc3c(c2)c2ccc(/C=C/c4ccc(C)cc4)cc2c2ccc(/C=C/c4ccc(C)cc4)cc32)cc1. The normalized spacial score (nSPS) is 12.0. The molecule has 0 bridgehead atoms. The van der Waals surface area contributed by atoms with Crippen molar-refractivity contribution in [1.82, 2.24) is 0 Å². The predicted octanol–water partition coefficient (Wildman–Crippen LogP) is 33.7. The summed E-state index contributed by atoms with van der Waals surface area (Å²) < 4.78 is 0. The Morgan fingerprint density at radius 1 is 0.0992 bits per heavy atom. The monoisotopic (exact) mass is 1540 g/mol. The highest BCUT2D eigenvalue weighted by Gasteiger charge is 2.15. The lowest BCUT2D eigenvalue weighted by atomic mass is 9.91. The molecule has 0 atom stereocenters. The summed E-state index contributed by atoms with van der Waals surface area (Å²) in [6, 6.07) is 142. The van der Waals surface area contributed by atoms with Gasteiger partial charge in [0.1, 0.15) is 0 Å². The van der Waals surface area contributed by atoms with Crippen LogP contribution >= 0.6 is 0 Å². The fourth-order valence-electron chi connectivity index (χ4n) is 16.3. The van der Waals surface area contributed by atoms with Gasteiger partial charge in [-0.1, -0.05) is 460 Å². The molecular formula is C121H90. The van der Waals surface area contributed by atoms with E-state index in [9.17, 15) is 0 Å². The molecule has 121 heavy (non-hydrogen) atoms. The number of benzene rings is 20. The van der Waals surface area contributed by atoms with Gasteiger partial charge < -0.3 is 0 Å². The molecule has 0 N–H and O–H groups in total. The maximum absolute atomic E-state index is 2.35. The van der Waals surface area contributed by atoms with Gasteiger partial charge in [0.25, 0.3) is 0 Å². The Labute approximate surface area is 710 Å². The lowest BCUT2D eigenvalue weighted by molar-refractivity contribution is 1.46. The topological polar surface area (TPSA) is 0 Å². The summed E-state index contributed by atoms with van der Waals surface area (Å²) in [7, 11) is 0. The predicted molar refractivity (Wildman–Crippen MR) is 534 cm³/mol. The molecule has 0 fully saturated rings. The Morgan fingerprint density at radius 2 is 0.215 bits per heavy atom. The quantitative estimate of drug-likeness (QED) is 0.0668. The summed E-state index contributed by atoms with van der Waals surface area (Å²) >= 11 is 0. The number of hydrogen-bond donors (Lipinski definition) is 0. The number of aryl methyl sites for hydroxylation is 3. The smallest absolute Gasteiger partial charge is 0.00930 e. The van der Waals surface area contributed by atoms with Gasteiger partial charge in [0.05, 0.1) is 0 Å². The van der Waals surface area contributed by atoms with Crippen LogP contribution in [-0.2, 0) is 0 Å². The van der Waals surface area contributed by atoms with Gasteiger partial charge in [0.15, 0.2) is 0 Å². The van der Waals surface area contributed by atoms with E-state index in [2.05, 4.69) is 500 Å². The van der Waals surface area contributed by atoms with Gasteiger partial charge in [0.2, 0.25) is 0 Å². The van der Waals surface area contributed by atoms with Gasteiger partial charge in [-0.2, -0.15) is 0 Å². The van der Waals surface area contributed by atoms with E-state index in [1.54, 1.807) is 0 Å². The van der Waals surface area contributed by atoms with Crippen LogP contribution in [-0.4, -0.2) is 0 Å². The number of fused-ring (bicyclic) bond motifs is 18. The molecule has 0 spiro atoms. The number of rotatable bonds is 16. The van der Waals surface area contributed by atoms with Crippen LogP contribution in [0.2, 0.25) is 0 Å². The molecule has 20 aromatic carbocycles. The van der Waals surface area contributed by atoms with Crippen LogP contribution in [0.3, 0.4) is 0 Å². The van der Waals surface area contributed by atoms with Crippen molar-refractivity contribution in [2.75, 3.05) is 0 Å². The van der Waals surface area contributed by atoms with E-state index in [1.807, 2.05) is 12.1 Å². The summed E-state index contributed by atoms with van der Waals surface area (Å²) in [4.78, 5) is 0. The first-order valence-electron chi connectivity index (χ1n) is 41.8. The minimum absolute atomic E-state index is 1.19. The summed E-state index contributed by atoms with van der Waals surface area (Å²) in [6.45, 7) is 6.37. The second kappa shape index (κ2) is 36.0. The maximum atomic E-state index is 2.35. The van der Waals surface area contributed by atoms with Crippen LogP contribution in [0.4, 0.5) is 0 Å². The Hall–Kier alpha value is -15.3. The summed E-state index contributed by atoms with van der Waals surface area (Å²) in [5.74, 6) is 0. The van der Waals surface area contributed by atoms with E-state index in [4.69, 9.17) is 0 Å². The van der Waals surface area contributed by atoms with Gasteiger partial charge in [-0.25, -0.2) is 0 Å². The zero-order valence-electron chi connectivity index (χ0n) is 68.3. The molecule has 0 aliphatic heterocycles. The average Bonchev–Trinajstić information content (AvgIpc) is 0.749. The Bertz CT molecular complexity index is 6710. The molecule has 0 aliphatic rings. The van der Waals surface area contributed by atoms with E-state index in [1.165, 1.54) is 203 Å². The van der Waals surface area contributed by atoms with Gasteiger partial charge in [-0.05, 0) is 255 Å². The van der Waals surface area contributed by atoms with Crippen molar-refractivity contribution >= 4 is 194 Å². The summed E-state index contributed by atoms with van der Waals surface area (Å²) in [5.41, 5.74) is 23.1. The largest absolute Gasteiger partial charge is 0.0622 e. The van der Waals surface area contributed by atoms with Crippen molar-refractivity contribution in [2.24, 2.45) is 0 Å². The van der Waals surface area contributed by atoms with E-state index < -0.39 is 0 Å². The molecule has 0 amide bonds. The fourth-order valence-corrected chi connectivity index (χ4v) is 16.3. The minimum atomic E-state index is 1.19. The number of hydrogen-bond acceptors (Lipinski definition) is 0. The molecule has 0 heteroatoms. The highest BCUT2D eigenvalue weighted by Crippen LogP contribution is 2.42. The maximum Gasteiger partial charge on any atom is -0.00930 e. The van der Waals surface area contributed by atoms with Crippen molar-refractivity contribution in [3.8, 4) is 0 Å². The summed E-state index contributed by atoms with van der Waals surface area (Å²) in [5, 5.41) is 23.1. The highest BCUT2D eigenvalue weighted by molar-refractivity contribution is 6.29. The van der Waals surface area contributed by atoms with E-state index in [0.29, 0.717) is 0 Å². The van der Waals surface area contributed by atoms with Gasteiger partial charge in [-0.15, -0.1) is 0 Å². The van der Waals surface area contributed by atoms with Crippen LogP contribution < -0.4 is 0 Å². The van der Waals surface area contributed by atoms with Crippen molar-refractivity contribution in [3.05, 3.63) is 500 Å². The summed E-state index contributed by atoms with van der Waals surface area (Å²) in [6.07, 6.45) is 35.2. The first-order chi connectivity index (χ1) is 59.6. The zero-order valence-corrected chi connectivity index (χ0v) is 68.3.